The van der Waals surface area contributed by atoms with E-state index in [1.807, 2.05) is 0 Å². The molecule has 2 atom stereocenters. The third-order valence-electron chi connectivity index (χ3n) is 3.60. The molecule has 1 aromatic rings. The van der Waals surface area contributed by atoms with Crippen LogP contribution in [0.2, 0.25) is 5.15 Å². The van der Waals surface area contributed by atoms with Crippen molar-refractivity contribution in [1.29, 1.82) is 0 Å². The highest BCUT2D eigenvalue weighted by molar-refractivity contribution is 6.32. The lowest BCUT2D eigenvalue weighted by Crippen LogP contribution is -2.46. The van der Waals surface area contributed by atoms with Gasteiger partial charge in [-0.3, -0.25) is 4.79 Å². The smallest absolute Gasteiger partial charge is 0.257 e. The molecule has 6 heteroatoms. The van der Waals surface area contributed by atoms with Crippen LogP contribution in [0.15, 0.2) is 12.3 Å². The van der Waals surface area contributed by atoms with Crippen molar-refractivity contribution < 1.29 is 9.90 Å². The molecule has 0 aliphatic heterocycles. The highest BCUT2D eigenvalue weighted by atomic mass is 35.5. The predicted molar refractivity (Wildman–Crippen MR) is 74.0 cm³/mol. The van der Waals surface area contributed by atoms with E-state index in [4.69, 9.17) is 17.3 Å². The molecule has 1 fully saturated rings. The summed E-state index contributed by atoms with van der Waals surface area (Å²) in [5, 5.41) is 10.1. The Balaban J connectivity index is 2.20. The molecule has 0 bridgehead atoms. The maximum Gasteiger partial charge on any atom is 0.257 e. The summed E-state index contributed by atoms with van der Waals surface area (Å²) in [7, 11) is 1.68. The maximum atomic E-state index is 12.4. The van der Waals surface area contributed by atoms with E-state index in [0.717, 1.165) is 25.7 Å². The summed E-state index contributed by atoms with van der Waals surface area (Å²) in [4.78, 5) is 17.8. The fraction of sp³-hybridized carbons (Fsp3) is 0.538. The lowest BCUT2D eigenvalue weighted by Gasteiger charge is -2.35. The third-order valence-corrected chi connectivity index (χ3v) is 3.90. The highest BCUT2D eigenvalue weighted by Crippen LogP contribution is 2.25. The molecule has 1 heterocycles. The SMILES string of the molecule is CN(C(=O)c1cc(N)cnc1Cl)C1CCCCC1O. The molecule has 3 N–H and O–H groups in total. The van der Waals surface area contributed by atoms with E-state index in [1.54, 1.807) is 11.9 Å². The Hall–Kier alpha value is -1.33. The van der Waals surface area contributed by atoms with Gasteiger partial charge in [-0.25, -0.2) is 4.98 Å². The molecule has 1 aromatic heterocycles. The van der Waals surface area contributed by atoms with Gasteiger partial charge in [0.15, 0.2) is 0 Å². The van der Waals surface area contributed by atoms with Crippen molar-refractivity contribution in [3.05, 3.63) is 23.0 Å². The first-order valence-corrected chi connectivity index (χ1v) is 6.74. The fourth-order valence-electron chi connectivity index (χ4n) is 2.50. The van der Waals surface area contributed by atoms with Gasteiger partial charge in [0.2, 0.25) is 0 Å². The van der Waals surface area contributed by atoms with Crippen LogP contribution in [-0.2, 0) is 0 Å². The number of rotatable bonds is 2. The summed E-state index contributed by atoms with van der Waals surface area (Å²) in [6.45, 7) is 0. The van der Waals surface area contributed by atoms with Gasteiger partial charge in [-0.05, 0) is 18.9 Å². The summed E-state index contributed by atoms with van der Waals surface area (Å²) < 4.78 is 0. The average molecular weight is 284 g/mol. The van der Waals surface area contributed by atoms with Gasteiger partial charge >= 0.3 is 0 Å². The van der Waals surface area contributed by atoms with Crippen molar-refractivity contribution in [2.24, 2.45) is 0 Å². The number of aromatic nitrogens is 1. The predicted octanol–water partition coefficient (Wildman–Crippen LogP) is 1.69. The van der Waals surface area contributed by atoms with Gasteiger partial charge < -0.3 is 15.7 Å². The molecule has 1 saturated carbocycles. The molecule has 2 rings (SSSR count). The zero-order chi connectivity index (χ0) is 14.0. The zero-order valence-electron chi connectivity index (χ0n) is 10.8. The monoisotopic (exact) mass is 283 g/mol. The molecule has 5 nitrogen and oxygen atoms in total. The lowest BCUT2D eigenvalue weighted by molar-refractivity contribution is 0.0268. The maximum absolute atomic E-state index is 12.4. The summed E-state index contributed by atoms with van der Waals surface area (Å²) in [6, 6.07) is 1.35. The molecule has 2 unspecified atom stereocenters. The molecule has 1 aliphatic carbocycles. The first-order chi connectivity index (χ1) is 9.00. The van der Waals surface area contributed by atoms with Gasteiger partial charge in [-0.15, -0.1) is 0 Å². The first-order valence-electron chi connectivity index (χ1n) is 6.37. The van der Waals surface area contributed by atoms with Gasteiger partial charge in [0.05, 0.1) is 29.6 Å². The van der Waals surface area contributed by atoms with E-state index in [0.29, 0.717) is 5.69 Å². The van der Waals surface area contributed by atoms with E-state index in [1.165, 1.54) is 12.3 Å². The number of halogens is 1. The number of aliphatic hydroxyl groups excluding tert-OH is 1. The second-order valence-electron chi connectivity index (χ2n) is 4.94. The standard InChI is InChI=1S/C13H18ClN3O2/c1-17(10-4-2-3-5-11(10)18)13(19)9-6-8(15)7-16-12(9)14/h6-7,10-11,18H,2-5,15H2,1H3. The number of nitrogens with two attached hydrogens (primary N) is 1. The Morgan fingerprint density at radius 3 is 2.89 bits per heavy atom. The zero-order valence-corrected chi connectivity index (χ0v) is 11.6. The topological polar surface area (TPSA) is 79.5 Å². The number of anilines is 1. The van der Waals surface area contributed by atoms with Gasteiger partial charge in [-0.2, -0.15) is 0 Å². The van der Waals surface area contributed by atoms with Crippen LogP contribution in [-0.4, -0.2) is 40.1 Å². The molecule has 1 aliphatic rings. The van der Waals surface area contributed by atoms with Crippen molar-refractivity contribution in [3.8, 4) is 0 Å². The van der Waals surface area contributed by atoms with E-state index in [9.17, 15) is 9.90 Å². The summed E-state index contributed by atoms with van der Waals surface area (Å²) in [5.74, 6) is -0.254. The van der Waals surface area contributed by atoms with Crippen LogP contribution in [0.25, 0.3) is 0 Å². The van der Waals surface area contributed by atoms with E-state index >= 15 is 0 Å². The second kappa shape index (κ2) is 5.75. The fourth-order valence-corrected chi connectivity index (χ4v) is 2.68. The number of hydrogen-bond donors (Lipinski definition) is 2. The minimum Gasteiger partial charge on any atom is -0.397 e. The minimum atomic E-state index is -0.476. The van der Waals surface area contributed by atoms with Crippen LogP contribution >= 0.6 is 11.6 Å². The van der Waals surface area contributed by atoms with Crippen LogP contribution in [0.1, 0.15) is 36.0 Å². The Morgan fingerprint density at radius 2 is 2.21 bits per heavy atom. The molecule has 0 saturated heterocycles. The van der Waals surface area contributed by atoms with Crippen LogP contribution in [0.4, 0.5) is 5.69 Å². The number of amides is 1. The van der Waals surface area contributed by atoms with Crippen LogP contribution < -0.4 is 5.73 Å². The minimum absolute atomic E-state index is 0.136. The van der Waals surface area contributed by atoms with E-state index in [2.05, 4.69) is 4.98 Å². The van der Waals surface area contributed by atoms with Crippen LogP contribution in [0.3, 0.4) is 0 Å². The van der Waals surface area contributed by atoms with Crippen molar-refractivity contribution in [1.82, 2.24) is 9.88 Å². The Morgan fingerprint density at radius 1 is 1.53 bits per heavy atom. The Labute approximate surface area is 117 Å². The van der Waals surface area contributed by atoms with Gasteiger partial charge in [0, 0.05) is 7.05 Å². The van der Waals surface area contributed by atoms with Crippen molar-refractivity contribution >= 4 is 23.2 Å². The van der Waals surface area contributed by atoms with Gasteiger partial charge in [0.25, 0.3) is 5.91 Å². The largest absolute Gasteiger partial charge is 0.397 e. The summed E-state index contributed by atoms with van der Waals surface area (Å²) >= 11 is 5.93. The number of likely N-dealkylation sites (N-methyl/N-ethyl adjacent to an activating group) is 1. The molecule has 0 radical (unpaired) electrons. The average Bonchev–Trinajstić information content (AvgIpc) is 2.40. The summed E-state index contributed by atoms with van der Waals surface area (Å²) in [6.07, 6.45) is 4.48. The Kier molecular flexibility index (Phi) is 4.27. The Bertz CT molecular complexity index is 481. The van der Waals surface area contributed by atoms with Crippen molar-refractivity contribution in [2.45, 2.75) is 37.8 Å². The molecule has 0 spiro atoms. The van der Waals surface area contributed by atoms with E-state index in [-0.39, 0.29) is 22.7 Å². The van der Waals surface area contributed by atoms with E-state index < -0.39 is 6.10 Å². The quantitative estimate of drug-likeness (QED) is 0.810. The normalized spacial score (nSPS) is 23.1. The number of pyridine rings is 1. The number of nitrogens with zero attached hydrogens (tertiary/aromatic N) is 2. The van der Waals surface area contributed by atoms with Gasteiger partial charge in [-0.1, -0.05) is 24.4 Å². The van der Waals surface area contributed by atoms with Crippen LogP contribution in [0, 0.1) is 0 Å². The number of hydrogen-bond acceptors (Lipinski definition) is 4. The molecule has 104 valence electrons. The second-order valence-corrected chi connectivity index (χ2v) is 5.30. The summed E-state index contributed by atoms with van der Waals surface area (Å²) in [5.41, 5.74) is 6.30. The van der Waals surface area contributed by atoms with Crippen molar-refractivity contribution in [2.75, 3.05) is 12.8 Å². The highest BCUT2D eigenvalue weighted by Gasteiger charge is 2.30. The van der Waals surface area contributed by atoms with Crippen LogP contribution in [0.5, 0.6) is 0 Å². The molecule has 1 amide bonds. The van der Waals surface area contributed by atoms with Crippen molar-refractivity contribution in [3.63, 3.8) is 0 Å². The number of nitrogen functional groups attached to an aromatic ring is 1. The number of carbonyl (C=O) groups excluding carboxylic acids is 1. The number of aliphatic hydroxyl groups is 1. The molecule has 0 aromatic carbocycles. The molecular weight excluding hydrogens is 266 g/mol. The lowest BCUT2D eigenvalue weighted by atomic mass is 9.91. The van der Waals surface area contributed by atoms with Gasteiger partial charge in [0.1, 0.15) is 5.15 Å². The molecular formula is C13H18ClN3O2. The first kappa shape index (κ1) is 14.1. The molecule has 19 heavy (non-hydrogen) atoms. The number of carbonyl (C=O) groups is 1. The third kappa shape index (κ3) is 2.98.